The van der Waals surface area contributed by atoms with Crippen LogP contribution < -0.4 is 0 Å². The highest BCUT2D eigenvalue weighted by Crippen LogP contribution is 2.53. The smallest absolute Gasteiger partial charge is 0.194 e. The van der Waals surface area contributed by atoms with E-state index in [1.165, 1.54) is 6.08 Å². The molecule has 3 heteroatoms. The van der Waals surface area contributed by atoms with E-state index >= 15 is 0 Å². The lowest BCUT2D eigenvalue weighted by atomic mass is 9.61. The predicted molar refractivity (Wildman–Crippen MR) is 89.6 cm³/mol. The van der Waals surface area contributed by atoms with Gasteiger partial charge in [-0.05, 0) is 68.6 Å². The van der Waals surface area contributed by atoms with Crippen molar-refractivity contribution in [1.82, 2.24) is 0 Å². The number of carbonyl (C=O) groups excluding carboxylic acids is 2. The number of fused-ring (bicyclic) bond motifs is 3. The largest absolute Gasteiger partial charge is 0.377 e. The SMILES string of the molecule is C=C1CC[C@@H](C(=C)C)[C@@H]2C=C(C)C(=O)[C@]3(O)C=C(C)C(=O)[C@H]3[C@@H]12. The fourth-order valence-corrected chi connectivity index (χ4v) is 4.74. The van der Waals surface area contributed by atoms with E-state index in [2.05, 4.69) is 13.2 Å². The minimum absolute atomic E-state index is 0.0000231. The number of hydrogen-bond acceptors (Lipinski definition) is 3. The zero-order valence-electron chi connectivity index (χ0n) is 14.1. The second kappa shape index (κ2) is 5.13. The van der Waals surface area contributed by atoms with Crippen LogP contribution in [0.5, 0.6) is 0 Å². The van der Waals surface area contributed by atoms with Gasteiger partial charge in [0, 0.05) is 0 Å². The van der Waals surface area contributed by atoms with Gasteiger partial charge in [-0.3, -0.25) is 9.59 Å². The van der Waals surface area contributed by atoms with Crippen LogP contribution in [0.2, 0.25) is 0 Å². The van der Waals surface area contributed by atoms with Crippen LogP contribution in [0.4, 0.5) is 0 Å². The minimum Gasteiger partial charge on any atom is -0.377 e. The van der Waals surface area contributed by atoms with Crippen molar-refractivity contribution in [3.05, 3.63) is 47.6 Å². The van der Waals surface area contributed by atoms with E-state index in [1.54, 1.807) is 13.8 Å². The molecule has 0 aromatic carbocycles. The Morgan fingerprint density at radius 1 is 1.30 bits per heavy atom. The van der Waals surface area contributed by atoms with Crippen molar-refractivity contribution < 1.29 is 14.7 Å². The predicted octanol–water partition coefficient (Wildman–Crippen LogP) is 3.17. The van der Waals surface area contributed by atoms with Gasteiger partial charge in [-0.25, -0.2) is 0 Å². The first kappa shape index (κ1) is 16.1. The Kier molecular flexibility index (Phi) is 3.60. The Morgan fingerprint density at radius 3 is 2.57 bits per heavy atom. The van der Waals surface area contributed by atoms with Gasteiger partial charge in [-0.15, -0.1) is 0 Å². The molecule has 0 aromatic rings. The quantitative estimate of drug-likeness (QED) is 0.757. The van der Waals surface area contributed by atoms with Crippen LogP contribution in [0, 0.1) is 23.7 Å². The number of aliphatic hydroxyl groups is 1. The first-order valence-corrected chi connectivity index (χ1v) is 8.20. The van der Waals surface area contributed by atoms with Crippen LogP contribution in [0.3, 0.4) is 0 Å². The fourth-order valence-electron chi connectivity index (χ4n) is 4.74. The number of rotatable bonds is 1. The number of carbonyl (C=O) groups is 2. The van der Waals surface area contributed by atoms with Crippen LogP contribution in [-0.2, 0) is 9.59 Å². The average molecular weight is 312 g/mol. The molecule has 0 spiro atoms. The Balaban J connectivity index is 2.21. The monoisotopic (exact) mass is 312 g/mol. The van der Waals surface area contributed by atoms with E-state index < -0.39 is 11.5 Å². The van der Waals surface area contributed by atoms with Crippen molar-refractivity contribution in [2.75, 3.05) is 0 Å². The molecule has 0 bridgehead atoms. The molecule has 3 rings (SSSR count). The summed E-state index contributed by atoms with van der Waals surface area (Å²) in [7, 11) is 0. The van der Waals surface area contributed by atoms with Crippen LogP contribution >= 0.6 is 0 Å². The number of hydrogen-bond donors (Lipinski definition) is 1. The standard InChI is InChI=1S/C20H24O3/c1-10(2)14-7-6-11(3)16-15(14)8-12(4)19(22)20(23)9-13(5)18(21)17(16)20/h8-9,14-17,23H,1,3,6-7H2,2,4-5H3/t14-,15-,16-,17+,20-/m0/s1. The molecule has 0 amide bonds. The van der Waals surface area contributed by atoms with E-state index in [9.17, 15) is 14.7 Å². The molecule has 0 heterocycles. The molecule has 3 nitrogen and oxygen atoms in total. The topological polar surface area (TPSA) is 54.4 Å². The van der Waals surface area contributed by atoms with Gasteiger partial charge >= 0.3 is 0 Å². The van der Waals surface area contributed by atoms with Gasteiger partial charge in [-0.2, -0.15) is 0 Å². The van der Waals surface area contributed by atoms with Gasteiger partial charge in [-0.1, -0.05) is 30.4 Å². The molecule has 3 aliphatic carbocycles. The molecule has 0 unspecified atom stereocenters. The van der Waals surface area contributed by atoms with E-state index in [0.717, 1.165) is 24.0 Å². The van der Waals surface area contributed by atoms with Crippen LogP contribution in [-0.4, -0.2) is 22.3 Å². The molecular weight excluding hydrogens is 288 g/mol. The number of ketones is 2. The van der Waals surface area contributed by atoms with Crippen molar-refractivity contribution in [1.29, 1.82) is 0 Å². The maximum Gasteiger partial charge on any atom is 0.194 e. The van der Waals surface area contributed by atoms with Crippen LogP contribution in [0.1, 0.15) is 33.6 Å². The first-order chi connectivity index (χ1) is 10.7. The van der Waals surface area contributed by atoms with Gasteiger partial charge < -0.3 is 5.11 Å². The van der Waals surface area contributed by atoms with Gasteiger partial charge in [0.2, 0.25) is 0 Å². The molecule has 0 saturated heterocycles. The maximum atomic E-state index is 12.8. The molecule has 1 N–H and O–H groups in total. The Labute approximate surface area is 137 Å². The molecule has 1 fully saturated rings. The number of Topliss-reactive ketones (excluding diaryl/α,β-unsaturated/α-hetero) is 2. The summed E-state index contributed by atoms with van der Waals surface area (Å²) in [6.45, 7) is 13.7. The third-order valence-corrected chi connectivity index (χ3v) is 5.87. The van der Waals surface area contributed by atoms with Gasteiger partial charge in [0.15, 0.2) is 17.2 Å². The normalized spacial score (nSPS) is 40.1. The first-order valence-electron chi connectivity index (χ1n) is 8.20. The molecule has 0 radical (unpaired) electrons. The highest BCUT2D eigenvalue weighted by atomic mass is 16.3. The van der Waals surface area contributed by atoms with E-state index in [-0.39, 0.29) is 29.3 Å². The molecule has 0 aliphatic heterocycles. The highest BCUT2D eigenvalue weighted by Gasteiger charge is 2.58. The molecule has 1 saturated carbocycles. The lowest BCUT2D eigenvalue weighted by Gasteiger charge is -2.42. The van der Waals surface area contributed by atoms with Crippen molar-refractivity contribution in [3.63, 3.8) is 0 Å². The molecule has 122 valence electrons. The highest BCUT2D eigenvalue weighted by molar-refractivity contribution is 6.13. The summed E-state index contributed by atoms with van der Waals surface area (Å²) in [6, 6.07) is 0. The zero-order chi connectivity index (χ0) is 17.1. The van der Waals surface area contributed by atoms with Gasteiger partial charge in [0.1, 0.15) is 0 Å². The zero-order valence-corrected chi connectivity index (χ0v) is 14.1. The summed E-state index contributed by atoms with van der Waals surface area (Å²) in [4.78, 5) is 25.6. The Bertz CT molecular complexity index is 694. The fraction of sp³-hybridized carbons (Fsp3) is 0.500. The summed E-state index contributed by atoms with van der Waals surface area (Å²) in [5.74, 6) is -1.22. The van der Waals surface area contributed by atoms with E-state index in [0.29, 0.717) is 11.1 Å². The Hall–Kier alpha value is -1.74. The average Bonchev–Trinajstić information content (AvgIpc) is 2.65. The van der Waals surface area contributed by atoms with E-state index in [1.807, 2.05) is 13.0 Å². The lowest BCUT2D eigenvalue weighted by Crippen LogP contribution is -2.49. The lowest BCUT2D eigenvalue weighted by molar-refractivity contribution is -0.140. The van der Waals surface area contributed by atoms with Crippen molar-refractivity contribution in [2.45, 2.75) is 39.2 Å². The van der Waals surface area contributed by atoms with Gasteiger partial charge in [0.25, 0.3) is 0 Å². The van der Waals surface area contributed by atoms with Crippen molar-refractivity contribution in [3.8, 4) is 0 Å². The summed E-state index contributed by atoms with van der Waals surface area (Å²) >= 11 is 0. The van der Waals surface area contributed by atoms with Crippen molar-refractivity contribution >= 4 is 11.6 Å². The molecular formula is C20H24O3. The molecule has 23 heavy (non-hydrogen) atoms. The maximum absolute atomic E-state index is 12.8. The third-order valence-electron chi connectivity index (χ3n) is 5.87. The van der Waals surface area contributed by atoms with E-state index in [4.69, 9.17) is 0 Å². The molecule has 0 aromatic heterocycles. The summed E-state index contributed by atoms with van der Waals surface area (Å²) in [6.07, 6.45) is 5.14. The Morgan fingerprint density at radius 2 is 1.96 bits per heavy atom. The minimum atomic E-state index is -1.72. The molecule has 3 aliphatic rings. The van der Waals surface area contributed by atoms with Crippen LogP contribution in [0.25, 0.3) is 0 Å². The number of allylic oxidation sites excluding steroid dienone is 4. The summed E-state index contributed by atoms with van der Waals surface area (Å²) < 4.78 is 0. The summed E-state index contributed by atoms with van der Waals surface area (Å²) in [5, 5.41) is 11.1. The van der Waals surface area contributed by atoms with Gasteiger partial charge in [0.05, 0.1) is 5.92 Å². The van der Waals surface area contributed by atoms with Crippen molar-refractivity contribution in [2.24, 2.45) is 23.7 Å². The third kappa shape index (κ3) is 2.13. The van der Waals surface area contributed by atoms with Crippen LogP contribution in [0.15, 0.2) is 47.6 Å². The summed E-state index contributed by atoms with van der Waals surface area (Å²) in [5.41, 5.74) is 1.31. The molecule has 5 atom stereocenters. The second-order valence-electron chi connectivity index (χ2n) is 7.43. The second-order valence-corrected chi connectivity index (χ2v) is 7.43.